The average Bonchev–Trinajstić information content (AvgIpc) is 3.31. The van der Waals surface area contributed by atoms with E-state index in [1.807, 2.05) is 12.3 Å². The molecule has 1 aliphatic heterocycles. The van der Waals surface area contributed by atoms with Crippen LogP contribution in [0.5, 0.6) is 0 Å². The van der Waals surface area contributed by atoms with E-state index < -0.39 is 0 Å². The van der Waals surface area contributed by atoms with Gasteiger partial charge in [-0.2, -0.15) is 0 Å². The first-order valence-electron chi connectivity index (χ1n) is 11.5. The topological polar surface area (TPSA) is 33.1 Å². The highest BCUT2D eigenvalue weighted by molar-refractivity contribution is 9.10. The summed E-state index contributed by atoms with van der Waals surface area (Å²) in [7, 11) is 0. The Morgan fingerprint density at radius 1 is 1.03 bits per heavy atom. The summed E-state index contributed by atoms with van der Waals surface area (Å²) in [6, 6.07) is 17.6. The summed E-state index contributed by atoms with van der Waals surface area (Å²) in [4.78, 5) is 6.97. The van der Waals surface area contributed by atoms with Crippen molar-refractivity contribution in [3.63, 3.8) is 0 Å². The van der Waals surface area contributed by atoms with Crippen LogP contribution in [-0.4, -0.2) is 14.7 Å². The van der Waals surface area contributed by atoms with Crippen LogP contribution in [0.15, 0.2) is 59.2 Å². The molecule has 4 nitrogen and oxygen atoms in total. The minimum atomic E-state index is -0.00680. The molecule has 0 unspecified atom stereocenters. The van der Waals surface area contributed by atoms with Gasteiger partial charge in [0, 0.05) is 33.8 Å². The minimum absolute atomic E-state index is 0.00680. The molecule has 6 heteroatoms. The zero-order valence-corrected chi connectivity index (χ0v) is 21.0. The third-order valence-electron chi connectivity index (χ3n) is 6.98. The Morgan fingerprint density at radius 3 is 2.47 bits per heavy atom. The molecule has 0 amide bonds. The lowest BCUT2D eigenvalue weighted by molar-refractivity contribution is 0.345. The van der Waals surface area contributed by atoms with Gasteiger partial charge in [0.1, 0.15) is 0 Å². The van der Waals surface area contributed by atoms with Crippen LogP contribution in [0.25, 0.3) is 0 Å². The first-order valence-corrected chi connectivity index (χ1v) is 12.7. The molecule has 1 saturated carbocycles. The quantitative estimate of drug-likeness (QED) is 0.386. The Hall–Kier alpha value is -2.18. The molecular formula is C26H29BrN4S. The second-order valence-corrected chi connectivity index (χ2v) is 10.3. The van der Waals surface area contributed by atoms with Crippen molar-refractivity contribution in [2.24, 2.45) is 0 Å². The van der Waals surface area contributed by atoms with Crippen LogP contribution in [0, 0.1) is 13.8 Å². The van der Waals surface area contributed by atoms with E-state index in [1.165, 1.54) is 49.1 Å². The van der Waals surface area contributed by atoms with Crippen molar-refractivity contribution in [3.8, 4) is 0 Å². The SMILES string of the molecule is Cc1cc([C@H]2[C@H](c3ccccn3)NC(=S)N2c2ccc(Br)cc2)c(C)n1C1CCCCC1. The lowest BCUT2D eigenvalue weighted by Gasteiger charge is -2.30. The maximum Gasteiger partial charge on any atom is 0.174 e. The maximum atomic E-state index is 5.89. The van der Waals surface area contributed by atoms with Gasteiger partial charge in [0.25, 0.3) is 0 Å². The van der Waals surface area contributed by atoms with E-state index in [1.54, 1.807) is 0 Å². The third-order valence-corrected chi connectivity index (χ3v) is 7.83. The molecule has 3 heterocycles. The number of hydrogen-bond donors (Lipinski definition) is 1. The van der Waals surface area contributed by atoms with E-state index in [0.717, 1.165) is 21.0 Å². The van der Waals surface area contributed by atoms with E-state index in [4.69, 9.17) is 17.2 Å². The van der Waals surface area contributed by atoms with Crippen LogP contribution in [0.3, 0.4) is 0 Å². The fourth-order valence-corrected chi connectivity index (χ4v) is 6.16. The highest BCUT2D eigenvalue weighted by Gasteiger charge is 2.42. The van der Waals surface area contributed by atoms with Crippen molar-refractivity contribution >= 4 is 38.9 Å². The molecule has 1 saturated heterocycles. The van der Waals surface area contributed by atoms with E-state index in [0.29, 0.717) is 6.04 Å². The predicted octanol–water partition coefficient (Wildman–Crippen LogP) is 6.94. The fraction of sp³-hybridized carbons (Fsp3) is 0.385. The number of nitrogens with one attached hydrogen (secondary N) is 1. The molecule has 3 aromatic rings. The van der Waals surface area contributed by atoms with Crippen LogP contribution in [0.2, 0.25) is 0 Å². The van der Waals surface area contributed by atoms with Gasteiger partial charge in [-0.15, -0.1) is 0 Å². The number of hydrogen-bond acceptors (Lipinski definition) is 2. The molecule has 1 N–H and O–H groups in total. The molecule has 5 rings (SSSR count). The van der Waals surface area contributed by atoms with Crippen molar-refractivity contribution in [2.75, 3.05) is 4.90 Å². The van der Waals surface area contributed by atoms with Crippen LogP contribution in [0.4, 0.5) is 5.69 Å². The zero-order valence-electron chi connectivity index (χ0n) is 18.6. The van der Waals surface area contributed by atoms with Gasteiger partial charge in [0.15, 0.2) is 5.11 Å². The Kier molecular flexibility index (Phi) is 6.08. The summed E-state index contributed by atoms with van der Waals surface area (Å²) >= 11 is 9.45. The van der Waals surface area contributed by atoms with E-state index in [9.17, 15) is 0 Å². The number of anilines is 1. The third kappa shape index (κ3) is 3.88. The first kappa shape index (κ1) is 21.7. The monoisotopic (exact) mass is 508 g/mol. The molecule has 0 radical (unpaired) electrons. The molecular weight excluding hydrogens is 480 g/mol. The van der Waals surface area contributed by atoms with Gasteiger partial charge in [-0.3, -0.25) is 4.98 Å². The molecule has 1 aromatic carbocycles. The number of rotatable bonds is 4. The minimum Gasteiger partial charge on any atom is -0.351 e. The first-order chi connectivity index (χ1) is 15.5. The molecule has 2 aromatic heterocycles. The lowest BCUT2D eigenvalue weighted by Crippen LogP contribution is -2.29. The summed E-state index contributed by atoms with van der Waals surface area (Å²) < 4.78 is 3.65. The number of halogens is 1. The van der Waals surface area contributed by atoms with Gasteiger partial charge in [-0.25, -0.2) is 0 Å². The number of aromatic nitrogens is 2. The predicted molar refractivity (Wildman–Crippen MR) is 138 cm³/mol. The van der Waals surface area contributed by atoms with E-state index in [-0.39, 0.29) is 12.1 Å². The van der Waals surface area contributed by atoms with Gasteiger partial charge < -0.3 is 14.8 Å². The second kappa shape index (κ2) is 8.99. The zero-order chi connectivity index (χ0) is 22.2. The molecule has 0 spiro atoms. The molecule has 2 aliphatic rings. The smallest absolute Gasteiger partial charge is 0.174 e. The Bertz CT molecular complexity index is 1100. The van der Waals surface area contributed by atoms with Gasteiger partial charge >= 0.3 is 0 Å². The van der Waals surface area contributed by atoms with Crippen LogP contribution in [0.1, 0.15) is 72.9 Å². The van der Waals surface area contributed by atoms with Crippen LogP contribution < -0.4 is 10.2 Å². The Morgan fingerprint density at radius 2 is 1.78 bits per heavy atom. The molecule has 0 bridgehead atoms. The number of thiocarbonyl (C=S) groups is 1. The molecule has 2 fully saturated rings. The molecule has 166 valence electrons. The van der Waals surface area contributed by atoms with Gasteiger partial charge in [0.2, 0.25) is 0 Å². The summed E-state index contributed by atoms with van der Waals surface area (Å²) in [6.07, 6.45) is 8.43. The van der Waals surface area contributed by atoms with E-state index in [2.05, 4.69) is 87.0 Å². The highest BCUT2D eigenvalue weighted by Crippen LogP contribution is 2.44. The van der Waals surface area contributed by atoms with Crippen molar-refractivity contribution < 1.29 is 0 Å². The van der Waals surface area contributed by atoms with Crippen molar-refractivity contribution in [3.05, 3.63) is 81.8 Å². The Balaban J connectivity index is 1.62. The number of pyridine rings is 1. The van der Waals surface area contributed by atoms with Crippen LogP contribution in [-0.2, 0) is 0 Å². The Labute approximate surface area is 204 Å². The average molecular weight is 510 g/mol. The largest absolute Gasteiger partial charge is 0.351 e. The summed E-state index contributed by atoms with van der Waals surface area (Å²) in [5.74, 6) is 0. The normalized spacial score (nSPS) is 21.7. The maximum absolute atomic E-state index is 5.89. The lowest BCUT2D eigenvalue weighted by atomic mass is 9.94. The second-order valence-electron chi connectivity index (χ2n) is 8.96. The van der Waals surface area contributed by atoms with Gasteiger partial charge in [0.05, 0.1) is 17.8 Å². The molecule has 2 atom stereocenters. The molecule has 1 aliphatic carbocycles. The van der Waals surface area contributed by atoms with E-state index >= 15 is 0 Å². The summed E-state index contributed by atoms with van der Waals surface area (Å²) in [5.41, 5.74) is 6.14. The van der Waals surface area contributed by atoms with Gasteiger partial charge in [-0.05, 0) is 86.9 Å². The van der Waals surface area contributed by atoms with Gasteiger partial charge in [-0.1, -0.05) is 41.3 Å². The number of nitrogens with zero attached hydrogens (tertiary/aromatic N) is 3. The standard InChI is InChI=1S/C26H29BrN4S/c1-17-16-22(18(2)30(17)20-8-4-3-5-9-20)25-24(23-10-6-7-15-28-23)29-26(32)31(25)21-13-11-19(27)12-14-21/h6-7,10-16,20,24-25H,3-5,8-9H2,1-2H3,(H,29,32)/t24-,25-/m0/s1. The number of aryl methyl sites for hydroxylation is 1. The fourth-order valence-electron chi connectivity index (χ4n) is 5.55. The van der Waals surface area contributed by atoms with Crippen molar-refractivity contribution in [2.45, 2.75) is 64.1 Å². The van der Waals surface area contributed by atoms with Crippen molar-refractivity contribution in [1.82, 2.24) is 14.9 Å². The van der Waals surface area contributed by atoms with Crippen molar-refractivity contribution in [1.29, 1.82) is 0 Å². The summed E-state index contributed by atoms with van der Waals surface area (Å²) in [5, 5.41) is 4.34. The highest BCUT2D eigenvalue weighted by atomic mass is 79.9. The summed E-state index contributed by atoms with van der Waals surface area (Å²) in [6.45, 7) is 4.54. The van der Waals surface area contributed by atoms with Crippen LogP contribution >= 0.6 is 28.1 Å². The molecule has 32 heavy (non-hydrogen) atoms. The number of benzene rings is 1.